The minimum Gasteiger partial charge on any atom is -0.467 e. The number of nitrogens with zero attached hydrogens (tertiary/aromatic N) is 1. The third-order valence-corrected chi connectivity index (χ3v) is 5.19. The van der Waals surface area contributed by atoms with Gasteiger partial charge in [-0.25, -0.2) is 0 Å². The van der Waals surface area contributed by atoms with Gasteiger partial charge in [-0.15, -0.1) is 0 Å². The molecule has 1 amide bonds. The van der Waals surface area contributed by atoms with Gasteiger partial charge in [-0.3, -0.25) is 9.59 Å². The highest BCUT2D eigenvalue weighted by Crippen LogP contribution is 2.34. The molecule has 2 aromatic rings. The monoisotopic (exact) mass is 413 g/mol. The molecule has 1 atom stereocenters. The largest absolute Gasteiger partial charge is 0.467 e. The lowest BCUT2D eigenvalue weighted by atomic mass is 9.94. The second kappa shape index (κ2) is 8.27. The van der Waals surface area contributed by atoms with Crippen LogP contribution in [0.15, 0.2) is 42.6 Å². The molecule has 0 N–H and O–H groups in total. The number of halogens is 1. The van der Waals surface area contributed by atoms with Gasteiger partial charge in [0.05, 0.1) is 19.1 Å². The number of fused-ring (bicyclic) bond motifs is 2. The molecule has 2 aliphatic rings. The first kappa shape index (κ1) is 19.5. The van der Waals surface area contributed by atoms with Gasteiger partial charge in [-0.2, -0.15) is 0 Å². The fourth-order valence-electron chi connectivity index (χ4n) is 3.65. The predicted octanol–water partition coefficient (Wildman–Crippen LogP) is 4.21. The lowest BCUT2D eigenvalue weighted by Gasteiger charge is -2.32. The maximum atomic E-state index is 12.6. The number of hydrogen-bond donors (Lipinski definition) is 0. The van der Waals surface area contributed by atoms with Crippen molar-refractivity contribution in [2.24, 2.45) is 0 Å². The third kappa shape index (κ3) is 4.13. The van der Waals surface area contributed by atoms with E-state index in [2.05, 4.69) is 0 Å². The summed E-state index contributed by atoms with van der Waals surface area (Å²) in [7, 11) is 0. The smallest absolute Gasteiger partial charge is 0.308 e. The Morgan fingerprint density at radius 1 is 1.28 bits per heavy atom. The Morgan fingerprint density at radius 2 is 2.10 bits per heavy atom. The molecule has 6 nitrogen and oxygen atoms in total. The number of rotatable bonds is 4. The molecule has 4 rings (SSSR count). The molecule has 0 bridgehead atoms. The summed E-state index contributed by atoms with van der Waals surface area (Å²) in [6, 6.07) is 10.8. The summed E-state index contributed by atoms with van der Waals surface area (Å²) in [5, 5.41) is 0.526. The maximum Gasteiger partial charge on any atom is 0.308 e. The fourth-order valence-corrected chi connectivity index (χ4v) is 3.92. The highest BCUT2D eigenvalue weighted by atomic mass is 35.5. The molecule has 0 radical (unpaired) electrons. The molecule has 0 aliphatic carbocycles. The van der Waals surface area contributed by atoms with Crippen LogP contribution in [0.4, 0.5) is 0 Å². The molecular weight excluding hydrogens is 394 g/mol. The Hall–Kier alpha value is -2.83. The Morgan fingerprint density at radius 3 is 2.93 bits per heavy atom. The topological polar surface area (TPSA) is 65.1 Å². The first-order valence-electron chi connectivity index (χ1n) is 9.26. The van der Waals surface area contributed by atoms with Gasteiger partial charge in [0, 0.05) is 29.3 Å². The number of ether oxygens (including phenoxy) is 3. The van der Waals surface area contributed by atoms with E-state index in [1.165, 1.54) is 6.92 Å². The average Bonchev–Trinajstić information content (AvgIpc) is 2.72. The van der Waals surface area contributed by atoms with Crippen molar-refractivity contribution in [1.29, 1.82) is 0 Å². The Labute approximate surface area is 173 Å². The summed E-state index contributed by atoms with van der Waals surface area (Å²) in [5.41, 5.74) is 3.42. The van der Waals surface area contributed by atoms with Crippen molar-refractivity contribution in [2.75, 3.05) is 6.79 Å². The number of carbonyl (C=O) groups excluding carboxylic acids is 2. The number of esters is 1. The normalized spacial score (nSPS) is 17.2. The second-order valence-electron chi connectivity index (χ2n) is 6.92. The maximum absolute atomic E-state index is 12.6. The van der Waals surface area contributed by atoms with Gasteiger partial charge >= 0.3 is 5.97 Å². The molecule has 29 heavy (non-hydrogen) atoms. The van der Waals surface area contributed by atoms with E-state index in [0.717, 1.165) is 16.7 Å². The van der Waals surface area contributed by atoms with Gasteiger partial charge in [0.15, 0.2) is 6.79 Å². The third-order valence-electron chi connectivity index (χ3n) is 4.97. The molecule has 0 saturated heterocycles. The number of carbonyl (C=O) groups is 2. The van der Waals surface area contributed by atoms with Crippen LogP contribution >= 0.6 is 11.6 Å². The quantitative estimate of drug-likeness (QED) is 0.702. The van der Waals surface area contributed by atoms with E-state index in [9.17, 15) is 9.59 Å². The van der Waals surface area contributed by atoms with E-state index >= 15 is 0 Å². The van der Waals surface area contributed by atoms with Crippen LogP contribution in [0.3, 0.4) is 0 Å². The van der Waals surface area contributed by atoms with Crippen LogP contribution in [-0.2, 0) is 32.3 Å². The average molecular weight is 414 g/mol. The van der Waals surface area contributed by atoms with E-state index in [0.29, 0.717) is 22.9 Å². The van der Waals surface area contributed by atoms with Crippen molar-refractivity contribution in [1.82, 2.24) is 4.90 Å². The van der Waals surface area contributed by atoms with Crippen molar-refractivity contribution >= 4 is 29.6 Å². The van der Waals surface area contributed by atoms with E-state index < -0.39 is 12.0 Å². The molecule has 0 saturated carbocycles. The van der Waals surface area contributed by atoms with Crippen LogP contribution in [0.5, 0.6) is 5.75 Å². The number of amides is 1. The molecule has 0 unspecified atom stereocenters. The van der Waals surface area contributed by atoms with E-state index in [-0.39, 0.29) is 25.7 Å². The minimum atomic E-state index is -0.410. The molecule has 2 aromatic carbocycles. The minimum absolute atomic E-state index is 0.0337. The Bertz CT molecular complexity index is 987. The van der Waals surface area contributed by atoms with Gasteiger partial charge in [-0.1, -0.05) is 35.9 Å². The van der Waals surface area contributed by atoms with E-state index in [4.69, 9.17) is 25.8 Å². The van der Waals surface area contributed by atoms with Crippen molar-refractivity contribution < 1.29 is 23.8 Å². The fraction of sp³-hybridized carbons (Fsp3) is 0.273. The lowest BCUT2D eigenvalue weighted by molar-refractivity contribution is -0.147. The van der Waals surface area contributed by atoms with E-state index in [1.54, 1.807) is 23.2 Å². The van der Waals surface area contributed by atoms with Gasteiger partial charge < -0.3 is 19.1 Å². The molecule has 2 aliphatic heterocycles. The van der Waals surface area contributed by atoms with Crippen molar-refractivity contribution in [3.8, 4) is 5.75 Å². The van der Waals surface area contributed by atoms with Crippen LogP contribution in [0.1, 0.15) is 41.6 Å². The summed E-state index contributed by atoms with van der Waals surface area (Å²) in [5.74, 6) is 0.0998. The van der Waals surface area contributed by atoms with Crippen LogP contribution in [-0.4, -0.2) is 23.6 Å². The summed E-state index contributed by atoms with van der Waals surface area (Å²) in [6.45, 7) is 2.06. The van der Waals surface area contributed by atoms with Crippen LogP contribution in [0.25, 0.3) is 6.08 Å². The molecule has 7 heteroatoms. The van der Waals surface area contributed by atoms with Crippen LogP contribution < -0.4 is 4.74 Å². The van der Waals surface area contributed by atoms with Gasteiger partial charge in [-0.05, 0) is 29.3 Å². The summed E-state index contributed by atoms with van der Waals surface area (Å²) in [6.07, 6.45) is 3.63. The summed E-state index contributed by atoms with van der Waals surface area (Å²) >= 11 is 6.16. The lowest BCUT2D eigenvalue weighted by Crippen LogP contribution is -2.32. The summed E-state index contributed by atoms with van der Waals surface area (Å²) < 4.78 is 16.3. The summed E-state index contributed by atoms with van der Waals surface area (Å²) in [4.78, 5) is 26.3. The van der Waals surface area contributed by atoms with Gasteiger partial charge in [0.1, 0.15) is 12.4 Å². The van der Waals surface area contributed by atoms with E-state index in [1.807, 2.05) is 30.3 Å². The molecule has 150 valence electrons. The van der Waals surface area contributed by atoms with Crippen LogP contribution in [0, 0.1) is 0 Å². The zero-order valence-electron chi connectivity index (χ0n) is 15.9. The van der Waals surface area contributed by atoms with Crippen molar-refractivity contribution in [3.63, 3.8) is 0 Å². The van der Waals surface area contributed by atoms with Crippen LogP contribution in [0.2, 0.25) is 5.02 Å². The number of hydrogen-bond acceptors (Lipinski definition) is 5. The second-order valence-corrected chi connectivity index (χ2v) is 7.35. The van der Waals surface area contributed by atoms with Crippen molar-refractivity contribution in [3.05, 3.63) is 69.9 Å². The van der Waals surface area contributed by atoms with Gasteiger partial charge in [0.25, 0.3) is 0 Å². The Balaban J connectivity index is 1.49. The van der Waals surface area contributed by atoms with Gasteiger partial charge in [0.2, 0.25) is 5.91 Å². The zero-order chi connectivity index (χ0) is 20.4. The first-order valence-corrected chi connectivity index (χ1v) is 9.64. The first-order chi connectivity index (χ1) is 14.0. The molecule has 2 heterocycles. The number of benzene rings is 2. The predicted molar refractivity (Wildman–Crippen MR) is 107 cm³/mol. The highest BCUT2D eigenvalue weighted by molar-refractivity contribution is 6.30. The molecule has 0 spiro atoms. The zero-order valence-corrected chi connectivity index (χ0v) is 16.6. The molecule has 0 aromatic heterocycles. The molecular formula is C22H20ClNO5. The highest BCUT2D eigenvalue weighted by Gasteiger charge is 2.29. The standard InChI is InChI=1S/C22H20ClNO5/c1-14(25)24-7-6-15-4-2-3-5-19(15)20(24)10-21(26)28-12-17-9-18(23)8-16-11-27-13-29-22(16)17/h2-9,20H,10-13H2,1H3/t20-/m0/s1. The van der Waals surface area contributed by atoms with Crippen molar-refractivity contribution in [2.45, 2.75) is 32.6 Å². The SMILES string of the molecule is CC(=O)N1C=Cc2ccccc2[C@@H]1CC(=O)OCc1cc(Cl)cc2c1OCOC2. The Kier molecular flexibility index (Phi) is 5.56. The molecule has 0 fully saturated rings.